The molecule has 0 saturated heterocycles. The molecule has 128 valence electrons. The van der Waals surface area contributed by atoms with E-state index in [9.17, 15) is 13.2 Å². The Kier molecular flexibility index (Phi) is 5.36. The molecule has 1 N–H and O–H groups in total. The second-order valence-corrected chi connectivity index (χ2v) is 7.01. The van der Waals surface area contributed by atoms with Crippen LogP contribution in [0.1, 0.15) is 15.9 Å². The molecule has 0 unspecified atom stereocenters. The third-order valence-corrected chi connectivity index (χ3v) is 5.00. The molecule has 8 heteroatoms. The number of nitrogens with one attached hydrogen (secondary N) is 1. The Morgan fingerprint density at radius 2 is 1.83 bits per heavy atom. The highest BCUT2D eigenvalue weighted by Gasteiger charge is 2.18. The van der Waals surface area contributed by atoms with Crippen LogP contribution in [0.15, 0.2) is 41.3 Å². The number of hydrogen-bond donors (Lipinski definition) is 1. The fourth-order valence-corrected chi connectivity index (χ4v) is 3.46. The third-order valence-electron chi connectivity index (χ3n) is 3.34. The summed E-state index contributed by atoms with van der Waals surface area (Å²) in [5.74, 6) is -0.178. The number of ether oxygens (including phenoxy) is 2. The van der Waals surface area contributed by atoms with E-state index in [4.69, 9.17) is 16.3 Å². The average molecular weight is 370 g/mol. The predicted octanol–water partition coefficient (Wildman–Crippen LogP) is 3.24. The molecule has 0 fully saturated rings. The summed E-state index contributed by atoms with van der Waals surface area (Å²) in [5.41, 5.74) is 1.18. The van der Waals surface area contributed by atoms with Crippen molar-refractivity contribution in [2.24, 2.45) is 0 Å². The summed E-state index contributed by atoms with van der Waals surface area (Å²) in [5, 5.41) is 0.181. The van der Waals surface area contributed by atoms with Crippen molar-refractivity contribution >= 4 is 33.3 Å². The molecule has 24 heavy (non-hydrogen) atoms. The highest BCUT2D eigenvalue weighted by molar-refractivity contribution is 7.92. The summed E-state index contributed by atoms with van der Waals surface area (Å²) >= 11 is 5.98. The van der Waals surface area contributed by atoms with Gasteiger partial charge in [-0.15, -0.1) is 0 Å². The van der Waals surface area contributed by atoms with Gasteiger partial charge in [-0.25, -0.2) is 13.2 Å². The van der Waals surface area contributed by atoms with Crippen LogP contribution < -0.4 is 9.46 Å². The molecule has 0 aromatic heterocycles. The highest BCUT2D eigenvalue weighted by Crippen LogP contribution is 2.28. The van der Waals surface area contributed by atoms with Crippen molar-refractivity contribution in [2.45, 2.75) is 11.8 Å². The second kappa shape index (κ2) is 7.11. The first-order chi connectivity index (χ1) is 11.3. The molecule has 0 saturated carbocycles. The Bertz CT molecular complexity index is 880. The van der Waals surface area contributed by atoms with Crippen LogP contribution in [-0.4, -0.2) is 28.6 Å². The Balaban J connectivity index is 2.39. The van der Waals surface area contributed by atoms with Gasteiger partial charge in [0.25, 0.3) is 10.0 Å². The minimum absolute atomic E-state index is 0.0174. The molecule has 0 aliphatic carbocycles. The summed E-state index contributed by atoms with van der Waals surface area (Å²) < 4.78 is 37.2. The lowest BCUT2D eigenvalue weighted by Gasteiger charge is -2.12. The van der Waals surface area contributed by atoms with E-state index in [0.29, 0.717) is 11.3 Å². The lowest BCUT2D eigenvalue weighted by atomic mass is 10.1. The quantitative estimate of drug-likeness (QED) is 0.818. The zero-order chi connectivity index (χ0) is 17.9. The van der Waals surface area contributed by atoms with Crippen LogP contribution in [0.4, 0.5) is 5.69 Å². The molecule has 2 aromatic carbocycles. The molecule has 0 radical (unpaired) electrons. The number of benzene rings is 2. The molecule has 0 atom stereocenters. The van der Waals surface area contributed by atoms with E-state index in [1.54, 1.807) is 19.1 Å². The summed E-state index contributed by atoms with van der Waals surface area (Å²) in [7, 11) is -1.18. The summed E-state index contributed by atoms with van der Waals surface area (Å²) in [6.45, 7) is 1.72. The number of halogens is 1. The van der Waals surface area contributed by atoms with Gasteiger partial charge in [-0.3, -0.25) is 4.72 Å². The number of carbonyl (C=O) groups excluding carboxylic acids is 1. The van der Waals surface area contributed by atoms with Crippen molar-refractivity contribution in [3.05, 3.63) is 52.5 Å². The van der Waals surface area contributed by atoms with Crippen molar-refractivity contribution in [1.82, 2.24) is 0 Å². The molecule has 0 aliphatic heterocycles. The van der Waals surface area contributed by atoms with Gasteiger partial charge in [-0.1, -0.05) is 17.7 Å². The van der Waals surface area contributed by atoms with Gasteiger partial charge in [0.15, 0.2) is 0 Å². The number of carbonyl (C=O) groups is 1. The SMILES string of the molecule is COC(=O)c1ccc(C)c(NS(=O)(=O)c2ccc(OC)c(Cl)c2)c1. The molecule has 0 spiro atoms. The van der Waals surface area contributed by atoms with Gasteiger partial charge in [0, 0.05) is 0 Å². The van der Waals surface area contributed by atoms with Crippen LogP contribution in [0.3, 0.4) is 0 Å². The molecule has 0 aliphatic rings. The van der Waals surface area contributed by atoms with Crippen LogP contribution in [-0.2, 0) is 14.8 Å². The Morgan fingerprint density at radius 3 is 2.42 bits per heavy atom. The lowest BCUT2D eigenvalue weighted by Crippen LogP contribution is -2.14. The molecular formula is C16H16ClNO5S. The Hall–Kier alpha value is -2.25. The monoisotopic (exact) mass is 369 g/mol. The van der Waals surface area contributed by atoms with Crippen molar-refractivity contribution in [3.63, 3.8) is 0 Å². The van der Waals surface area contributed by atoms with Gasteiger partial charge in [-0.2, -0.15) is 0 Å². The average Bonchev–Trinajstić information content (AvgIpc) is 2.55. The maximum Gasteiger partial charge on any atom is 0.337 e. The summed E-state index contributed by atoms with van der Waals surface area (Å²) in [6.07, 6.45) is 0. The third kappa shape index (κ3) is 3.80. The first-order valence-electron chi connectivity index (χ1n) is 6.84. The number of rotatable bonds is 5. The number of sulfonamides is 1. The molecule has 2 rings (SSSR count). The van der Waals surface area contributed by atoms with Crippen LogP contribution >= 0.6 is 11.6 Å². The van der Waals surface area contributed by atoms with Crippen molar-refractivity contribution < 1.29 is 22.7 Å². The minimum atomic E-state index is -3.87. The topological polar surface area (TPSA) is 81.7 Å². The number of anilines is 1. The largest absolute Gasteiger partial charge is 0.495 e. The molecule has 0 bridgehead atoms. The van der Waals surface area contributed by atoms with Crippen molar-refractivity contribution in [2.75, 3.05) is 18.9 Å². The Morgan fingerprint density at radius 1 is 1.12 bits per heavy atom. The van der Waals surface area contributed by atoms with Crippen LogP contribution in [0.25, 0.3) is 0 Å². The Labute approximate surface area is 145 Å². The van der Waals surface area contributed by atoms with E-state index in [1.807, 2.05) is 0 Å². The minimum Gasteiger partial charge on any atom is -0.495 e. The fraction of sp³-hybridized carbons (Fsp3) is 0.188. The van der Waals surface area contributed by atoms with E-state index in [-0.39, 0.29) is 21.2 Å². The molecule has 0 heterocycles. The summed E-state index contributed by atoms with van der Waals surface area (Å²) in [6, 6.07) is 8.75. The maximum atomic E-state index is 12.5. The smallest absolute Gasteiger partial charge is 0.337 e. The standard InChI is InChI=1S/C16H16ClNO5S/c1-10-4-5-11(16(19)23-3)8-14(10)18-24(20,21)12-6-7-15(22-2)13(17)9-12/h4-9,18H,1-3H3. The predicted molar refractivity (Wildman–Crippen MR) is 91.3 cm³/mol. The van der Waals surface area contributed by atoms with Gasteiger partial charge >= 0.3 is 5.97 Å². The summed E-state index contributed by atoms with van der Waals surface area (Å²) in [4.78, 5) is 11.6. The van der Waals surface area contributed by atoms with Crippen LogP contribution in [0.2, 0.25) is 5.02 Å². The van der Waals surface area contributed by atoms with Crippen molar-refractivity contribution in [3.8, 4) is 5.75 Å². The zero-order valence-electron chi connectivity index (χ0n) is 13.3. The number of hydrogen-bond acceptors (Lipinski definition) is 5. The number of esters is 1. The highest BCUT2D eigenvalue weighted by atomic mass is 35.5. The first kappa shape index (κ1) is 18.1. The molecule has 6 nitrogen and oxygen atoms in total. The maximum absolute atomic E-state index is 12.5. The zero-order valence-corrected chi connectivity index (χ0v) is 14.9. The fourth-order valence-electron chi connectivity index (χ4n) is 1.99. The van der Waals surface area contributed by atoms with Gasteiger partial charge in [-0.05, 0) is 42.8 Å². The van der Waals surface area contributed by atoms with E-state index < -0.39 is 16.0 Å². The van der Waals surface area contributed by atoms with E-state index in [0.717, 1.165) is 0 Å². The van der Waals surface area contributed by atoms with Crippen molar-refractivity contribution in [1.29, 1.82) is 0 Å². The number of methoxy groups -OCH3 is 2. The van der Waals surface area contributed by atoms with Gasteiger partial charge in [0.05, 0.1) is 35.4 Å². The second-order valence-electron chi connectivity index (χ2n) is 4.92. The van der Waals surface area contributed by atoms with E-state index >= 15 is 0 Å². The van der Waals surface area contributed by atoms with Crippen LogP contribution in [0, 0.1) is 6.92 Å². The van der Waals surface area contributed by atoms with Gasteiger partial charge < -0.3 is 9.47 Å². The molecule has 2 aromatic rings. The number of aryl methyl sites for hydroxylation is 1. The molecular weight excluding hydrogens is 354 g/mol. The normalized spacial score (nSPS) is 11.0. The lowest BCUT2D eigenvalue weighted by molar-refractivity contribution is 0.0601. The van der Waals surface area contributed by atoms with Crippen LogP contribution in [0.5, 0.6) is 5.75 Å². The first-order valence-corrected chi connectivity index (χ1v) is 8.70. The van der Waals surface area contributed by atoms with E-state index in [2.05, 4.69) is 9.46 Å². The van der Waals surface area contributed by atoms with Gasteiger partial charge in [0.1, 0.15) is 5.75 Å². The van der Waals surface area contributed by atoms with E-state index in [1.165, 1.54) is 38.5 Å². The van der Waals surface area contributed by atoms with Gasteiger partial charge in [0.2, 0.25) is 0 Å². The molecule has 0 amide bonds.